The minimum atomic E-state index is -0.551. The van der Waals surface area contributed by atoms with Crippen molar-refractivity contribution in [1.29, 1.82) is 0 Å². The van der Waals surface area contributed by atoms with Crippen LogP contribution in [0.2, 0.25) is 0 Å². The maximum Gasteiger partial charge on any atom is 0.332 e. The first-order valence-corrected chi connectivity index (χ1v) is 11.4. The first-order chi connectivity index (χ1) is 17.5. The van der Waals surface area contributed by atoms with E-state index in [2.05, 4.69) is 52.2 Å². The summed E-state index contributed by atoms with van der Waals surface area (Å²) in [5.41, 5.74) is 4.20. The largest absolute Gasteiger partial charge is 0.341 e. The van der Waals surface area contributed by atoms with Crippen molar-refractivity contribution in [3.05, 3.63) is 83.4 Å². The van der Waals surface area contributed by atoms with Crippen LogP contribution in [0.5, 0.6) is 0 Å². The van der Waals surface area contributed by atoms with Crippen molar-refractivity contribution in [2.45, 2.75) is 27.3 Å². The maximum absolute atomic E-state index is 13.1. The van der Waals surface area contributed by atoms with Crippen LogP contribution in [-0.4, -0.2) is 22.0 Å². The first kappa shape index (κ1) is 24.1. The molecule has 1 heterocycles. The van der Waals surface area contributed by atoms with Crippen LogP contribution in [0.3, 0.4) is 0 Å². The number of aryl methyl sites for hydroxylation is 1. The van der Waals surface area contributed by atoms with Crippen molar-refractivity contribution >= 4 is 39.3 Å². The van der Waals surface area contributed by atoms with E-state index < -0.39 is 5.97 Å². The predicted octanol–water partition coefficient (Wildman–Crippen LogP) is 5.34. The predicted molar refractivity (Wildman–Crippen MR) is 142 cm³/mol. The lowest BCUT2D eigenvalue weighted by molar-refractivity contribution is -0.140. The molecular formula is C31H22N2O3. The third kappa shape index (κ3) is 5.05. The van der Waals surface area contributed by atoms with Crippen LogP contribution in [0.1, 0.15) is 42.3 Å². The van der Waals surface area contributed by atoms with E-state index >= 15 is 0 Å². The number of aromatic nitrogens is 1. The second-order valence-electron chi connectivity index (χ2n) is 7.80. The zero-order chi connectivity index (χ0) is 25.5. The van der Waals surface area contributed by atoms with Crippen LogP contribution in [0.15, 0.2) is 71.9 Å². The number of hydrogen-bond donors (Lipinski definition) is 0. The molecule has 0 radical (unpaired) electrons. The van der Waals surface area contributed by atoms with Gasteiger partial charge in [-0.2, -0.15) is 0 Å². The smallest absolute Gasteiger partial charge is 0.332 e. The third-order valence-electron chi connectivity index (χ3n) is 5.51. The summed E-state index contributed by atoms with van der Waals surface area (Å²) in [6.07, 6.45) is 0. The van der Waals surface area contributed by atoms with Crippen LogP contribution in [0, 0.1) is 35.5 Å². The van der Waals surface area contributed by atoms with Crippen molar-refractivity contribution in [2.75, 3.05) is 0 Å². The highest BCUT2D eigenvalue weighted by molar-refractivity contribution is 6.18. The molecule has 0 saturated heterocycles. The number of ketones is 1. The van der Waals surface area contributed by atoms with Crippen LogP contribution < -0.4 is 0 Å². The summed E-state index contributed by atoms with van der Waals surface area (Å²) >= 11 is 0. The van der Waals surface area contributed by atoms with E-state index in [1.165, 1.54) is 6.92 Å². The van der Waals surface area contributed by atoms with E-state index in [4.69, 9.17) is 4.84 Å². The Morgan fingerprint density at radius 1 is 0.833 bits per heavy atom. The van der Waals surface area contributed by atoms with Crippen molar-refractivity contribution in [2.24, 2.45) is 5.16 Å². The zero-order valence-corrected chi connectivity index (χ0v) is 20.2. The average Bonchev–Trinajstić information content (AvgIpc) is 3.22. The molecule has 5 nitrogen and oxygen atoms in total. The Morgan fingerprint density at radius 3 is 2.11 bits per heavy atom. The number of nitrogens with zero attached hydrogens (tertiary/aromatic N) is 2. The molecule has 0 aliphatic heterocycles. The molecule has 3 aromatic carbocycles. The fourth-order valence-electron chi connectivity index (χ4n) is 3.96. The average molecular weight is 471 g/mol. The number of carbonyl (C=O) groups excluding carboxylic acids is 2. The normalized spacial score (nSPS) is 10.5. The first-order valence-electron chi connectivity index (χ1n) is 11.4. The Morgan fingerprint density at radius 2 is 1.47 bits per heavy atom. The van der Waals surface area contributed by atoms with Crippen molar-refractivity contribution in [3.63, 3.8) is 0 Å². The summed E-state index contributed by atoms with van der Waals surface area (Å²) in [4.78, 5) is 29.4. The van der Waals surface area contributed by atoms with E-state index in [0.29, 0.717) is 16.7 Å². The highest BCUT2D eigenvalue weighted by Crippen LogP contribution is 2.31. The highest BCUT2D eigenvalue weighted by Gasteiger charge is 2.15. The second-order valence-corrected chi connectivity index (χ2v) is 7.80. The van der Waals surface area contributed by atoms with Gasteiger partial charge in [0.1, 0.15) is 0 Å². The van der Waals surface area contributed by atoms with Gasteiger partial charge in [0.2, 0.25) is 0 Å². The van der Waals surface area contributed by atoms with E-state index in [1.54, 1.807) is 6.92 Å². The number of carbonyl (C=O) groups is 2. The van der Waals surface area contributed by atoms with Crippen molar-refractivity contribution < 1.29 is 14.4 Å². The molecule has 1 aromatic heterocycles. The molecule has 5 heteroatoms. The maximum atomic E-state index is 13.1. The second kappa shape index (κ2) is 10.9. The van der Waals surface area contributed by atoms with Gasteiger partial charge in [-0.15, -0.1) is 0 Å². The fraction of sp³-hybridized carbons (Fsp3) is 0.129. The summed E-state index contributed by atoms with van der Waals surface area (Å²) in [5.74, 6) is 15.5. The molecule has 0 N–H and O–H groups in total. The minimum Gasteiger partial charge on any atom is -0.341 e. The molecule has 0 bridgehead atoms. The Bertz CT molecular complexity index is 1710. The van der Waals surface area contributed by atoms with E-state index in [1.807, 2.05) is 66.7 Å². The molecule has 4 aromatic rings. The summed E-state index contributed by atoms with van der Waals surface area (Å²) in [6, 6.07) is 20.8. The van der Waals surface area contributed by atoms with E-state index in [9.17, 15) is 9.59 Å². The molecule has 0 saturated carbocycles. The monoisotopic (exact) mass is 470 g/mol. The van der Waals surface area contributed by atoms with Crippen LogP contribution in [-0.2, 0) is 16.2 Å². The molecule has 4 rings (SSSR count). The number of fused-ring (bicyclic) bond motifs is 3. The standard InChI is InChI=1S/C31H22N2O3/c1-4-6-7-8-12-15-28(32-36-22(3)34)24-16-18-29-26(20-24)27-21-25(17-19-30(27)33(29)5-2)31(35)23-13-10-9-11-14-23/h9-11,13-14,16-21H,5H2,1-3H3. The molecule has 0 atom stereocenters. The van der Waals surface area contributed by atoms with Gasteiger partial charge in [-0.3, -0.25) is 4.79 Å². The number of benzene rings is 3. The van der Waals surface area contributed by atoms with Gasteiger partial charge in [0, 0.05) is 52.0 Å². The topological polar surface area (TPSA) is 60.7 Å². The molecule has 36 heavy (non-hydrogen) atoms. The van der Waals surface area contributed by atoms with Crippen LogP contribution in [0.25, 0.3) is 21.8 Å². The van der Waals surface area contributed by atoms with Gasteiger partial charge in [0.05, 0.1) is 0 Å². The Labute approximate surface area is 209 Å². The summed E-state index contributed by atoms with van der Waals surface area (Å²) < 4.78 is 2.19. The molecule has 0 aliphatic rings. The fourth-order valence-corrected chi connectivity index (χ4v) is 3.96. The highest BCUT2D eigenvalue weighted by atomic mass is 16.7. The Kier molecular flexibility index (Phi) is 7.30. The Balaban J connectivity index is 1.88. The molecule has 174 valence electrons. The lowest BCUT2D eigenvalue weighted by Gasteiger charge is -2.04. The van der Waals surface area contributed by atoms with Gasteiger partial charge in [-0.25, -0.2) is 4.79 Å². The van der Waals surface area contributed by atoms with Gasteiger partial charge in [0.25, 0.3) is 0 Å². The summed E-state index contributed by atoms with van der Waals surface area (Å²) in [6.45, 7) is 5.80. The molecular weight excluding hydrogens is 448 g/mol. The quantitative estimate of drug-likeness (QED) is 0.130. The van der Waals surface area contributed by atoms with Gasteiger partial charge >= 0.3 is 5.97 Å². The van der Waals surface area contributed by atoms with Gasteiger partial charge in [-0.1, -0.05) is 41.4 Å². The molecule has 0 aliphatic carbocycles. The summed E-state index contributed by atoms with van der Waals surface area (Å²) in [5, 5.41) is 5.81. The molecule has 0 amide bonds. The lowest BCUT2D eigenvalue weighted by atomic mass is 10.0. The van der Waals surface area contributed by atoms with Crippen molar-refractivity contribution in [1.82, 2.24) is 4.57 Å². The number of hydrogen-bond acceptors (Lipinski definition) is 4. The molecule has 0 fully saturated rings. The lowest BCUT2D eigenvalue weighted by Crippen LogP contribution is -2.02. The van der Waals surface area contributed by atoms with E-state index in [-0.39, 0.29) is 11.5 Å². The van der Waals surface area contributed by atoms with E-state index in [0.717, 1.165) is 28.4 Å². The van der Waals surface area contributed by atoms with Gasteiger partial charge in [-0.05, 0) is 79.8 Å². The molecule has 0 unspecified atom stereocenters. The Hall–Kier alpha value is -5.05. The third-order valence-corrected chi connectivity index (χ3v) is 5.51. The van der Waals surface area contributed by atoms with Gasteiger partial charge < -0.3 is 9.40 Å². The molecule has 0 spiro atoms. The van der Waals surface area contributed by atoms with Gasteiger partial charge in [0.15, 0.2) is 11.5 Å². The number of rotatable bonds is 5. The van der Waals surface area contributed by atoms with Crippen LogP contribution in [0.4, 0.5) is 0 Å². The van der Waals surface area contributed by atoms with Crippen molar-refractivity contribution in [3.8, 4) is 35.5 Å². The minimum absolute atomic E-state index is 0.0391. The van der Waals surface area contributed by atoms with Crippen LogP contribution >= 0.6 is 0 Å². The SMILES string of the molecule is CC#CC#CC#CC(=NOC(C)=O)c1ccc2c(c1)c1cc(C(=O)c3ccccc3)ccc1n2CC. The zero-order valence-electron chi connectivity index (χ0n) is 20.2. The number of oxime groups is 1. The summed E-state index contributed by atoms with van der Waals surface area (Å²) in [7, 11) is 0.